The SMILES string of the molecule is Cc1[c-]c2ccc3ccccc3c2[c-]1[Si](C)(C)[c-]1c(C)[c-]c2ccc3ccccc3c21.[Cl][Zr][Cl]. The molecule has 0 amide bonds. The van der Waals surface area contributed by atoms with Crippen molar-refractivity contribution in [2.45, 2.75) is 26.9 Å². The summed E-state index contributed by atoms with van der Waals surface area (Å²) < 4.78 is 0. The molecular formula is C30H24Cl2SiZr-4. The number of hydrogen-bond acceptors (Lipinski definition) is 0. The summed E-state index contributed by atoms with van der Waals surface area (Å²) in [6, 6.07) is 34.0. The van der Waals surface area contributed by atoms with Crippen LogP contribution in [-0.4, -0.2) is 8.07 Å². The first kappa shape index (κ1) is 24.0. The average molecular weight is 575 g/mol. The van der Waals surface area contributed by atoms with Crippen molar-refractivity contribution in [3.8, 4) is 0 Å². The van der Waals surface area contributed by atoms with Crippen LogP contribution in [0, 0.1) is 26.0 Å². The van der Waals surface area contributed by atoms with Gasteiger partial charge in [-0.05, 0) is 0 Å². The van der Waals surface area contributed by atoms with E-state index in [-0.39, 0.29) is 0 Å². The van der Waals surface area contributed by atoms with Crippen LogP contribution in [0.1, 0.15) is 11.1 Å². The molecule has 4 heteroatoms. The molecule has 0 aliphatic rings. The second-order valence-electron chi connectivity index (χ2n) is 9.36. The fourth-order valence-corrected chi connectivity index (χ4v) is 9.92. The predicted octanol–water partition coefficient (Wildman–Crippen LogP) is 8.15. The zero-order valence-corrected chi connectivity index (χ0v) is 24.7. The van der Waals surface area contributed by atoms with Crippen molar-refractivity contribution in [2.75, 3.05) is 0 Å². The molecule has 0 aromatic heterocycles. The second kappa shape index (κ2) is 9.40. The first-order chi connectivity index (χ1) is 16.4. The van der Waals surface area contributed by atoms with Crippen molar-refractivity contribution in [3.63, 3.8) is 0 Å². The Morgan fingerprint density at radius 2 is 1.03 bits per heavy atom. The topological polar surface area (TPSA) is 0 Å². The molecule has 0 N–H and O–H groups in total. The van der Waals surface area contributed by atoms with E-state index in [2.05, 4.69) is 112 Å². The van der Waals surface area contributed by atoms with Gasteiger partial charge in [0.15, 0.2) is 0 Å². The van der Waals surface area contributed by atoms with Gasteiger partial charge in [-0.25, -0.2) is 22.4 Å². The summed E-state index contributed by atoms with van der Waals surface area (Å²) in [5, 5.41) is 13.7. The Morgan fingerprint density at radius 3 is 1.44 bits per heavy atom. The third kappa shape index (κ3) is 3.84. The predicted molar refractivity (Wildman–Crippen MR) is 150 cm³/mol. The van der Waals surface area contributed by atoms with Crippen LogP contribution >= 0.6 is 17.0 Å². The molecule has 0 bridgehead atoms. The molecule has 0 atom stereocenters. The van der Waals surface area contributed by atoms with E-state index in [1.54, 1.807) is 0 Å². The van der Waals surface area contributed by atoms with Crippen molar-refractivity contribution in [1.29, 1.82) is 0 Å². The molecule has 0 fully saturated rings. The van der Waals surface area contributed by atoms with Crippen molar-refractivity contribution >= 4 is 78.6 Å². The van der Waals surface area contributed by atoms with E-state index < -0.39 is 28.9 Å². The summed E-state index contributed by atoms with van der Waals surface area (Å²) >= 11 is -0.826. The first-order valence-corrected chi connectivity index (χ1v) is 20.7. The summed E-state index contributed by atoms with van der Waals surface area (Å²) in [5.74, 6) is 0. The van der Waals surface area contributed by atoms with Gasteiger partial charge >= 0.3 is 37.9 Å². The van der Waals surface area contributed by atoms with Crippen LogP contribution in [0.4, 0.5) is 0 Å². The van der Waals surface area contributed by atoms with E-state index in [1.165, 1.54) is 64.6 Å². The normalized spacial score (nSPS) is 11.8. The summed E-state index contributed by atoms with van der Waals surface area (Å²) in [7, 11) is 7.80. The van der Waals surface area contributed by atoms with E-state index in [4.69, 9.17) is 17.0 Å². The molecule has 34 heavy (non-hydrogen) atoms. The molecule has 6 aromatic carbocycles. The maximum absolute atomic E-state index is 4.93. The van der Waals surface area contributed by atoms with Gasteiger partial charge in [0.25, 0.3) is 0 Å². The summed E-state index contributed by atoms with van der Waals surface area (Å²) in [6.45, 7) is 9.53. The van der Waals surface area contributed by atoms with Gasteiger partial charge in [0, 0.05) is 0 Å². The average Bonchev–Trinajstić information content (AvgIpc) is 3.36. The van der Waals surface area contributed by atoms with Crippen LogP contribution in [0.25, 0.3) is 43.1 Å². The molecule has 0 radical (unpaired) electrons. The summed E-state index contributed by atoms with van der Waals surface area (Å²) in [4.78, 5) is 0. The van der Waals surface area contributed by atoms with Gasteiger partial charge in [-0.15, -0.1) is 22.9 Å². The van der Waals surface area contributed by atoms with Gasteiger partial charge in [-0.1, -0.05) is 88.9 Å². The summed E-state index contributed by atoms with van der Waals surface area (Å²) in [6.07, 6.45) is 0. The molecule has 6 rings (SSSR count). The fraction of sp³-hybridized carbons (Fsp3) is 0.133. The minimum atomic E-state index is -2.07. The number of rotatable bonds is 2. The number of halogens is 2. The fourth-order valence-electron chi connectivity index (χ4n) is 5.88. The minimum absolute atomic E-state index is 0.826. The van der Waals surface area contributed by atoms with Gasteiger partial charge in [0.05, 0.1) is 0 Å². The Labute approximate surface area is 220 Å². The van der Waals surface area contributed by atoms with Gasteiger partial charge in [-0.2, -0.15) is 11.5 Å². The monoisotopic (exact) mass is 572 g/mol. The standard InChI is InChI=1S/C30H24Si.2ClH.Zr/c1-19-17-23-15-13-21-9-5-7-11-25(21)27(23)29(19)31(3,4)30-20(2)18-24-16-14-22-10-6-8-12-26(22)28(24)30;;;/h5-16H,1-4H3;2*1H;/q-4;;;+2/p-2. The Balaban J connectivity index is 0.000000764. The molecule has 0 aliphatic carbocycles. The van der Waals surface area contributed by atoms with Crippen LogP contribution in [-0.2, 0) is 20.8 Å². The first-order valence-electron chi connectivity index (χ1n) is 11.4. The Bertz CT molecular complexity index is 1530. The van der Waals surface area contributed by atoms with E-state index in [0.29, 0.717) is 0 Å². The maximum atomic E-state index is 4.93. The molecular weight excluding hydrogens is 551 g/mol. The van der Waals surface area contributed by atoms with Crippen LogP contribution in [0.3, 0.4) is 0 Å². The molecule has 0 unspecified atom stereocenters. The number of fused-ring (bicyclic) bond motifs is 6. The van der Waals surface area contributed by atoms with E-state index in [1.807, 2.05) is 0 Å². The summed E-state index contributed by atoms with van der Waals surface area (Å²) in [5.41, 5.74) is 2.61. The number of hydrogen-bond donors (Lipinski definition) is 0. The van der Waals surface area contributed by atoms with Crippen molar-refractivity contribution in [2.24, 2.45) is 0 Å². The molecule has 0 saturated carbocycles. The van der Waals surface area contributed by atoms with Crippen LogP contribution in [0.2, 0.25) is 13.1 Å². The zero-order chi connectivity index (χ0) is 24.0. The van der Waals surface area contributed by atoms with E-state index >= 15 is 0 Å². The molecule has 6 aromatic rings. The molecule has 0 heterocycles. The van der Waals surface area contributed by atoms with Crippen LogP contribution in [0.5, 0.6) is 0 Å². The van der Waals surface area contributed by atoms with Crippen LogP contribution in [0.15, 0.2) is 72.8 Å². The third-order valence-electron chi connectivity index (χ3n) is 7.00. The second-order valence-corrected chi connectivity index (χ2v) is 17.3. The number of aryl methyl sites for hydroxylation is 2. The Morgan fingerprint density at radius 1 is 0.647 bits per heavy atom. The molecule has 0 spiro atoms. The quantitative estimate of drug-likeness (QED) is 0.145. The van der Waals surface area contributed by atoms with Gasteiger partial charge in [0.1, 0.15) is 0 Å². The third-order valence-corrected chi connectivity index (χ3v) is 10.8. The van der Waals surface area contributed by atoms with Gasteiger partial charge < -0.3 is 6.07 Å². The number of benzene rings is 4. The zero-order valence-electron chi connectivity index (χ0n) is 19.7. The molecule has 0 aliphatic heterocycles. The van der Waals surface area contributed by atoms with Gasteiger partial charge in [0.2, 0.25) is 0 Å². The molecule has 170 valence electrons. The van der Waals surface area contributed by atoms with Crippen LogP contribution < -0.4 is 10.4 Å². The van der Waals surface area contributed by atoms with E-state index in [0.717, 1.165) is 0 Å². The molecule has 0 saturated heterocycles. The van der Waals surface area contributed by atoms with Gasteiger partial charge in [-0.3, -0.25) is 32.8 Å². The van der Waals surface area contributed by atoms with Crippen molar-refractivity contribution in [1.82, 2.24) is 0 Å². The Kier molecular flexibility index (Phi) is 6.64. The van der Waals surface area contributed by atoms with Crippen molar-refractivity contribution < 1.29 is 20.8 Å². The van der Waals surface area contributed by atoms with E-state index in [9.17, 15) is 0 Å². The Hall–Kier alpha value is -1.70. The van der Waals surface area contributed by atoms with Crippen molar-refractivity contribution in [3.05, 3.63) is 96.1 Å². The molecule has 0 nitrogen and oxygen atoms in total.